The lowest BCUT2D eigenvalue weighted by Gasteiger charge is -2.31. The number of rotatable bonds is 12. The van der Waals surface area contributed by atoms with Crippen LogP contribution in [0.4, 0.5) is 0 Å². The minimum Gasteiger partial charge on any atom is -0.497 e. The molecule has 0 fully saturated rings. The molecule has 33 heavy (non-hydrogen) atoms. The van der Waals surface area contributed by atoms with Gasteiger partial charge in [-0.15, -0.1) is 0 Å². The molecule has 2 amide bonds. The first kappa shape index (κ1) is 26.8. The molecular formula is C25H32Cl2N2O4. The van der Waals surface area contributed by atoms with Gasteiger partial charge in [0.1, 0.15) is 17.5 Å². The Kier molecular flexibility index (Phi) is 10.8. The van der Waals surface area contributed by atoms with Crippen molar-refractivity contribution in [2.75, 3.05) is 13.7 Å². The molecule has 0 unspecified atom stereocenters. The maximum absolute atomic E-state index is 13.2. The number of carbonyl (C=O) groups excluding carboxylic acids is 2. The van der Waals surface area contributed by atoms with Crippen LogP contribution in [0.25, 0.3) is 0 Å². The monoisotopic (exact) mass is 494 g/mol. The number of benzene rings is 2. The predicted octanol–water partition coefficient (Wildman–Crippen LogP) is 5.49. The molecule has 6 nitrogen and oxygen atoms in total. The van der Waals surface area contributed by atoms with Gasteiger partial charge in [-0.25, -0.2) is 0 Å². The molecule has 0 aliphatic rings. The fraction of sp³-hybridized carbons (Fsp3) is 0.440. The second-order valence-electron chi connectivity index (χ2n) is 7.94. The summed E-state index contributed by atoms with van der Waals surface area (Å²) in [5.74, 6) is 1.09. The van der Waals surface area contributed by atoms with Crippen LogP contribution in [-0.4, -0.2) is 42.5 Å². The maximum atomic E-state index is 13.2. The number of carbonyl (C=O) groups is 2. The Bertz CT molecular complexity index is 899. The van der Waals surface area contributed by atoms with Gasteiger partial charge in [0.05, 0.1) is 13.7 Å². The average molecular weight is 495 g/mol. The molecule has 1 N–H and O–H groups in total. The van der Waals surface area contributed by atoms with Crippen LogP contribution in [0.1, 0.15) is 45.6 Å². The Labute approximate surface area is 206 Å². The lowest BCUT2D eigenvalue weighted by atomic mass is 10.1. The van der Waals surface area contributed by atoms with Gasteiger partial charge < -0.3 is 19.7 Å². The standard InChI is InChI=1S/C25H32Cl2N2O4/c1-5-23(25(31)28-17(2)3)29(16-20-21(26)8-6-9-22(20)27)24(30)10-7-15-33-19-13-11-18(32-4)12-14-19/h6,8-9,11-14,17,23H,5,7,10,15-16H2,1-4H3,(H,28,31)/t23-/m0/s1. The summed E-state index contributed by atoms with van der Waals surface area (Å²) in [4.78, 5) is 27.7. The number of ether oxygens (including phenoxy) is 2. The van der Waals surface area contributed by atoms with Crippen molar-refractivity contribution in [3.63, 3.8) is 0 Å². The quantitative estimate of drug-likeness (QED) is 0.396. The number of methoxy groups -OCH3 is 1. The molecule has 2 rings (SSSR count). The summed E-state index contributed by atoms with van der Waals surface area (Å²) < 4.78 is 10.9. The van der Waals surface area contributed by atoms with E-state index in [2.05, 4.69) is 5.32 Å². The fourth-order valence-corrected chi connectivity index (χ4v) is 3.90. The zero-order valence-corrected chi connectivity index (χ0v) is 21.1. The van der Waals surface area contributed by atoms with E-state index in [0.717, 1.165) is 5.75 Å². The van der Waals surface area contributed by atoms with E-state index in [4.69, 9.17) is 32.7 Å². The topological polar surface area (TPSA) is 67.9 Å². The van der Waals surface area contributed by atoms with Crippen molar-refractivity contribution in [3.05, 3.63) is 58.1 Å². The van der Waals surface area contributed by atoms with E-state index in [1.165, 1.54) is 0 Å². The lowest BCUT2D eigenvalue weighted by Crippen LogP contribution is -2.50. The minimum atomic E-state index is -0.630. The highest BCUT2D eigenvalue weighted by Gasteiger charge is 2.29. The summed E-state index contributed by atoms with van der Waals surface area (Å²) in [6.07, 6.45) is 1.19. The van der Waals surface area contributed by atoms with Crippen LogP contribution >= 0.6 is 23.2 Å². The molecule has 0 saturated carbocycles. The van der Waals surface area contributed by atoms with Gasteiger partial charge in [0.25, 0.3) is 0 Å². The van der Waals surface area contributed by atoms with Crippen molar-refractivity contribution in [2.45, 2.75) is 58.7 Å². The molecule has 180 valence electrons. The highest BCUT2D eigenvalue weighted by Crippen LogP contribution is 2.27. The Morgan fingerprint density at radius 3 is 2.18 bits per heavy atom. The summed E-state index contributed by atoms with van der Waals surface area (Å²) in [5.41, 5.74) is 0.625. The Morgan fingerprint density at radius 1 is 1.03 bits per heavy atom. The molecule has 0 aliphatic heterocycles. The van der Waals surface area contributed by atoms with Crippen LogP contribution in [0, 0.1) is 0 Å². The van der Waals surface area contributed by atoms with Crippen LogP contribution in [0.5, 0.6) is 11.5 Å². The Morgan fingerprint density at radius 2 is 1.64 bits per heavy atom. The van der Waals surface area contributed by atoms with E-state index in [1.807, 2.05) is 45.0 Å². The number of hydrogen-bond acceptors (Lipinski definition) is 4. The first-order valence-corrected chi connectivity index (χ1v) is 11.8. The molecule has 0 radical (unpaired) electrons. The summed E-state index contributed by atoms with van der Waals surface area (Å²) in [6, 6.07) is 11.8. The van der Waals surface area contributed by atoms with Gasteiger partial charge in [-0.2, -0.15) is 0 Å². The molecule has 2 aromatic carbocycles. The van der Waals surface area contributed by atoms with Gasteiger partial charge in [-0.1, -0.05) is 36.2 Å². The molecule has 8 heteroatoms. The van der Waals surface area contributed by atoms with Gasteiger partial charge in [0, 0.05) is 34.6 Å². The van der Waals surface area contributed by atoms with Crippen LogP contribution in [-0.2, 0) is 16.1 Å². The predicted molar refractivity (Wildman–Crippen MR) is 132 cm³/mol. The average Bonchev–Trinajstić information content (AvgIpc) is 2.78. The fourth-order valence-electron chi connectivity index (χ4n) is 3.38. The summed E-state index contributed by atoms with van der Waals surface area (Å²) >= 11 is 12.7. The Balaban J connectivity index is 2.10. The summed E-state index contributed by atoms with van der Waals surface area (Å²) in [7, 11) is 1.61. The van der Waals surface area contributed by atoms with Crippen LogP contribution < -0.4 is 14.8 Å². The van der Waals surface area contributed by atoms with Gasteiger partial charge >= 0.3 is 0 Å². The molecular weight excluding hydrogens is 463 g/mol. The SMILES string of the molecule is CC[C@@H](C(=O)NC(C)C)N(Cc1c(Cl)cccc1Cl)C(=O)CCCOc1ccc(OC)cc1. The number of halogens is 2. The smallest absolute Gasteiger partial charge is 0.243 e. The van der Waals surface area contributed by atoms with Crippen LogP contribution in [0.2, 0.25) is 10.0 Å². The van der Waals surface area contributed by atoms with Crippen molar-refractivity contribution in [1.29, 1.82) is 0 Å². The van der Waals surface area contributed by atoms with Crippen LogP contribution in [0.3, 0.4) is 0 Å². The van der Waals surface area contributed by atoms with Crippen molar-refractivity contribution >= 4 is 35.0 Å². The van der Waals surface area contributed by atoms with E-state index in [1.54, 1.807) is 30.2 Å². The van der Waals surface area contributed by atoms with E-state index < -0.39 is 6.04 Å². The largest absolute Gasteiger partial charge is 0.497 e. The third-order valence-corrected chi connectivity index (χ3v) is 5.78. The number of amides is 2. The van der Waals surface area contributed by atoms with E-state index in [0.29, 0.717) is 40.8 Å². The van der Waals surface area contributed by atoms with Gasteiger partial charge in [-0.3, -0.25) is 9.59 Å². The second kappa shape index (κ2) is 13.3. The maximum Gasteiger partial charge on any atom is 0.243 e. The lowest BCUT2D eigenvalue weighted by molar-refractivity contribution is -0.141. The van der Waals surface area contributed by atoms with Crippen molar-refractivity contribution in [3.8, 4) is 11.5 Å². The molecule has 0 spiro atoms. The normalized spacial score (nSPS) is 11.7. The van der Waals surface area contributed by atoms with Gasteiger partial charge in [0.15, 0.2) is 0 Å². The molecule has 0 heterocycles. The number of nitrogens with zero attached hydrogens (tertiary/aromatic N) is 1. The first-order chi connectivity index (χ1) is 15.8. The molecule has 2 aromatic rings. The molecule has 0 bridgehead atoms. The molecule has 0 aromatic heterocycles. The van der Waals surface area contributed by atoms with Crippen molar-refractivity contribution in [2.24, 2.45) is 0 Å². The second-order valence-corrected chi connectivity index (χ2v) is 8.75. The van der Waals surface area contributed by atoms with Gasteiger partial charge in [0.2, 0.25) is 11.8 Å². The number of nitrogens with one attached hydrogen (secondary N) is 1. The van der Waals surface area contributed by atoms with E-state index in [9.17, 15) is 9.59 Å². The molecule has 0 saturated heterocycles. The summed E-state index contributed by atoms with van der Waals surface area (Å²) in [6.45, 7) is 6.18. The highest BCUT2D eigenvalue weighted by molar-refractivity contribution is 6.36. The van der Waals surface area contributed by atoms with E-state index >= 15 is 0 Å². The zero-order chi connectivity index (χ0) is 24.4. The summed E-state index contributed by atoms with van der Waals surface area (Å²) in [5, 5.41) is 3.83. The van der Waals surface area contributed by atoms with Crippen molar-refractivity contribution < 1.29 is 19.1 Å². The minimum absolute atomic E-state index is 0.0368. The van der Waals surface area contributed by atoms with Crippen LogP contribution in [0.15, 0.2) is 42.5 Å². The third kappa shape index (κ3) is 8.13. The number of hydrogen-bond donors (Lipinski definition) is 1. The van der Waals surface area contributed by atoms with Gasteiger partial charge in [-0.05, 0) is 63.1 Å². The zero-order valence-electron chi connectivity index (χ0n) is 19.6. The molecule has 0 aliphatic carbocycles. The first-order valence-electron chi connectivity index (χ1n) is 11.1. The van der Waals surface area contributed by atoms with Crippen molar-refractivity contribution in [1.82, 2.24) is 10.2 Å². The van der Waals surface area contributed by atoms with E-state index in [-0.39, 0.29) is 30.8 Å². The molecule has 1 atom stereocenters. The highest BCUT2D eigenvalue weighted by atomic mass is 35.5. The Hall–Kier alpha value is -2.44. The third-order valence-electron chi connectivity index (χ3n) is 5.07.